The van der Waals surface area contributed by atoms with Gasteiger partial charge in [0.1, 0.15) is 0 Å². The minimum atomic E-state index is 0. The lowest BCUT2D eigenvalue weighted by atomic mass is 9.66. The van der Waals surface area contributed by atoms with Gasteiger partial charge < -0.3 is 11.0 Å². The van der Waals surface area contributed by atoms with Crippen molar-refractivity contribution in [3.63, 3.8) is 0 Å². The minimum absolute atomic E-state index is 0. The van der Waals surface area contributed by atoms with E-state index in [1.165, 1.54) is 31.9 Å². The Balaban J connectivity index is 0. The van der Waals surface area contributed by atoms with E-state index in [2.05, 4.69) is 37.3 Å². The molecule has 0 atom stereocenters. The van der Waals surface area contributed by atoms with Gasteiger partial charge in [0.25, 0.3) is 0 Å². The van der Waals surface area contributed by atoms with Gasteiger partial charge in [-0.2, -0.15) is 0 Å². The molecule has 0 bridgehead atoms. The van der Waals surface area contributed by atoms with Gasteiger partial charge in [0.2, 0.25) is 0 Å². The van der Waals surface area contributed by atoms with Gasteiger partial charge in [0, 0.05) is 0 Å². The van der Waals surface area contributed by atoms with E-state index in [-0.39, 0.29) is 11.0 Å². The van der Waals surface area contributed by atoms with Gasteiger partial charge in [-0.05, 0) is 0 Å². The van der Waals surface area contributed by atoms with Crippen molar-refractivity contribution < 1.29 is 11.0 Å². The molecule has 13 heavy (non-hydrogen) atoms. The highest BCUT2D eigenvalue weighted by Gasteiger charge is 1.92. The Labute approximate surface area is 80.8 Å². The van der Waals surface area contributed by atoms with Crippen LogP contribution in [0.5, 0.6) is 0 Å². The third-order valence-corrected chi connectivity index (χ3v) is 1.91. The van der Waals surface area contributed by atoms with Gasteiger partial charge in [-0.15, -0.1) is 0 Å². The molecule has 0 amide bonds. The van der Waals surface area contributed by atoms with Crippen LogP contribution in [0, 0.1) is 0 Å². The first-order chi connectivity index (χ1) is 5.43. The van der Waals surface area contributed by atoms with E-state index in [0.717, 1.165) is 0 Å². The first-order valence-electron chi connectivity index (χ1n) is 4.47. The summed E-state index contributed by atoms with van der Waals surface area (Å²) in [5.41, 5.74) is 1.47. The first-order valence-corrected chi connectivity index (χ1v) is 4.47. The minimum Gasteiger partial charge on any atom is -0.412 e. The van der Waals surface area contributed by atoms with Gasteiger partial charge in [0.15, 0.2) is 7.28 Å². The topological polar surface area (TPSA) is 63.0 Å². The largest absolute Gasteiger partial charge is 0.412 e. The Bertz CT molecular complexity index is 189. The van der Waals surface area contributed by atoms with Crippen LogP contribution in [-0.2, 0) is 0 Å². The predicted molar refractivity (Wildman–Crippen MR) is 60.2 cm³/mol. The van der Waals surface area contributed by atoms with Crippen LogP contribution in [0.15, 0.2) is 30.3 Å². The zero-order valence-corrected chi connectivity index (χ0v) is 8.22. The molecular weight excluding hydrogens is 163 g/mol. The molecular formula is C10H19BO2. The third-order valence-electron chi connectivity index (χ3n) is 1.91. The molecule has 2 nitrogen and oxygen atoms in total. The summed E-state index contributed by atoms with van der Waals surface area (Å²) in [6, 6.07) is 10.7. The van der Waals surface area contributed by atoms with Gasteiger partial charge >= 0.3 is 0 Å². The van der Waals surface area contributed by atoms with Gasteiger partial charge in [0.05, 0.1) is 0 Å². The van der Waals surface area contributed by atoms with Crippen molar-refractivity contribution in [3.05, 3.63) is 30.3 Å². The second-order valence-corrected chi connectivity index (χ2v) is 2.94. The lowest BCUT2D eigenvalue weighted by Gasteiger charge is -1.96. The summed E-state index contributed by atoms with van der Waals surface area (Å²) < 4.78 is 0. The molecule has 1 aromatic rings. The maximum Gasteiger partial charge on any atom is 0.157 e. The molecule has 0 saturated heterocycles. The molecule has 0 saturated carbocycles. The number of rotatable bonds is 4. The second-order valence-electron chi connectivity index (χ2n) is 2.94. The van der Waals surface area contributed by atoms with Crippen LogP contribution in [0.3, 0.4) is 0 Å². The van der Waals surface area contributed by atoms with E-state index in [9.17, 15) is 0 Å². The monoisotopic (exact) mass is 182 g/mol. The molecule has 0 spiro atoms. The second kappa shape index (κ2) is 9.29. The van der Waals surface area contributed by atoms with Crippen LogP contribution in [0.1, 0.15) is 19.8 Å². The molecule has 3 heteroatoms. The molecule has 0 aliphatic carbocycles. The van der Waals surface area contributed by atoms with Crippen LogP contribution in [0.25, 0.3) is 0 Å². The lowest BCUT2D eigenvalue weighted by molar-refractivity contribution is 0.823. The van der Waals surface area contributed by atoms with Crippen molar-refractivity contribution >= 4 is 12.7 Å². The van der Waals surface area contributed by atoms with Crippen LogP contribution < -0.4 is 5.46 Å². The van der Waals surface area contributed by atoms with Crippen LogP contribution in [0.2, 0.25) is 6.32 Å². The Hall–Kier alpha value is -0.795. The summed E-state index contributed by atoms with van der Waals surface area (Å²) in [7, 11) is 1.24. The SMILES string of the molecule is CCCCBc1ccccc1.O.O. The molecule has 0 radical (unpaired) electrons. The Morgan fingerprint density at radius 3 is 2.23 bits per heavy atom. The van der Waals surface area contributed by atoms with E-state index >= 15 is 0 Å². The fourth-order valence-electron chi connectivity index (χ4n) is 1.22. The molecule has 0 aromatic heterocycles. The van der Waals surface area contributed by atoms with E-state index in [1.807, 2.05) is 0 Å². The summed E-state index contributed by atoms with van der Waals surface area (Å²) in [6.45, 7) is 2.24. The Morgan fingerprint density at radius 1 is 1.08 bits per heavy atom. The normalized spacial score (nSPS) is 8.08. The highest BCUT2D eigenvalue weighted by molar-refractivity contribution is 6.53. The van der Waals surface area contributed by atoms with E-state index < -0.39 is 0 Å². The maximum absolute atomic E-state index is 2.24. The fraction of sp³-hybridized carbons (Fsp3) is 0.400. The van der Waals surface area contributed by atoms with Crippen molar-refractivity contribution in [3.8, 4) is 0 Å². The number of benzene rings is 1. The maximum atomic E-state index is 2.24. The summed E-state index contributed by atoms with van der Waals surface area (Å²) in [4.78, 5) is 0. The van der Waals surface area contributed by atoms with Crippen molar-refractivity contribution in [1.82, 2.24) is 0 Å². The molecule has 4 N–H and O–H groups in total. The number of hydrogen-bond acceptors (Lipinski definition) is 0. The zero-order valence-electron chi connectivity index (χ0n) is 8.22. The molecule has 1 aromatic carbocycles. The smallest absolute Gasteiger partial charge is 0.157 e. The van der Waals surface area contributed by atoms with Crippen LogP contribution >= 0.6 is 0 Å². The molecule has 0 heterocycles. The van der Waals surface area contributed by atoms with Crippen molar-refractivity contribution in [2.75, 3.05) is 0 Å². The predicted octanol–water partition coefficient (Wildman–Crippen LogP) is 0.317. The van der Waals surface area contributed by atoms with E-state index in [4.69, 9.17) is 0 Å². The Morgan fingerprint density at radius 2 is 1.69 bits per heavy atom. The quantitative estimate of drug-likeness (QED) is 0.475. The summed E-state index contributed by atoms with van der Waals surface area (Å²) in [5.74, 6) is 0. The van der Waals surface area contributed by atoms with Gasteiger partial charge in [-0.1, -0.05) is 61.9 Å². The van der Waals surface area contributed by atoms with Gasteiger partial charge in [-0.3, -0.25) is 0 Å². The molecule has 0 aliphatic heterocycles. The number of unbranched alkanes of at least 4 members (excludes halogenated alkanes) is 1. The van der Waals surface area contributed by atoms with Crippen LogP contribution in [0.4, 0.5) is 0 Å². The van der Waals surface area contributed by atoms with E-state index in [1.54, 1.807) is 0 Å². The average molecular weight is 182 g/mol. The summed E-state index contributed by atoms with van der Waals surface area (Å²) >= 11 is 0. The lowest BCUT2D eigenvalue weighted by Crippen LogP contribution is -2.11. The fourth-order valence-corrected chi connectivity index (χ4v) is 1.22. The summed E-state index contributed by atoms with van der Waals surface area (Å²) in [6.07, 6.45) is 4.00. The standard InChI is InChI=1S/C10H15B.2H2O/c1-2-3-9-11-10-7-5-4-6-8-10;;/h4-8,11H,2-3,9H2,1H3;2*1H2. The van der Waals surface area contributed by atoms with Crippen molar-refractivity contribution in [2.45, 2.75) is 26.1 Å². The summed E-state index contributed by atoms with van der Waals surface area (Å²) in [5, 5.41) is 0. The molecule has 0 aliphatic rings. The number of hydrogen-bond donors (Lipinski definition) is 0. The van der Waals surface area contributed by atoms with Crippen molar-refractivity contribution in [1.29, 1.82) is 0 Å². The molecule has 0 unspecified atom stereocenters. The molecule has 74 valence electrons. The Kier molecular flexibility index (Phi) is 10.5. The average Bonchev–Trinajstić information content (AvgIpc) is 2.07. The zero-order chi connectivity index (χ0) is 7.94. The highest BCUT2D eigenvalue weighted by Crippen LogP contribution is 1.93. The third kappa shape index (κ3) is 6.37. The van der Waals surface area contributed by atoms with Gasteiger partial charge in [-0.25, -0.2) is 0 Å². The first kappa shape index (κ1) is 14.7. The van der Waals surface area contributed by atoms with Crippen molar-refractivity contribution in [2.24, 2.45) is 0 Å². The van der Waals surface area contributed by atoms with Crippen LogP contribution in [-0.4, -0.2) is 18.2 Å². The highest BCUT2D eigenvalue weighted by atomic mass is 16.0. The molecule has 0 fully saturated rings. The molecule has 1 rings (SSSR count). The van der Waals surface area contributed by atoms with E-state index in [0.29, 0.717) is 0 Å².